The van der Waals surface area contributed by atoms with Crippen LogP contribution in [0.25, 0.3) is 0 Å². The van der Waals surface area contributed by atoms with Gasteiger partial charge < -0.3 is 5.11 Å². The number of hydrogen-bond donors (Lipinski definition) is 1. The first kappa shape index (κ1) is 18.2. The van der Waals surface area contributed by atoms with Crippen molar-refractivity contribution in [3.05, 3.63) is 11.1 Å². The third-order valence-electron chi connectivity index (χ3n) is 7.39. The summed E-state index contributed by atoms with van der Waals surface area (Å²) in [7, 11) is 0. The minimum Gasteiger partial charge on any atom is -0.481 e. The summed E-state index contributed by atoms with van der Waals surface area (Å²) in [5, 5.41) is 8.98. The van der Waals surface area contributed by atoms with Crippen molar-refractivity contribution >= 4 is 12.3 Å². The number of carboxylic acids is 1. The van der Waals surface area contributed by atoms with Crippen LogP contribution in [0.4, 0.5) is 0 Å². The van der Waals surface area contributed by atoms with E-state index in [-0.39, 0.29) is 23.2 Å². The van der Waals surface area contributed by atoms with E-state index in [1.54, 1.807) is 0 Å². The summed E-state index contributed by atoms with van der Waals surface area (Å²) in [5.74, 6) is 0.642. The normalized spacial score (nSPS) is 38.3. The average Bonchev–Trinajstić information content (AvgIpc) is 2.74. The van der Waals surface area contributed by atoms with E-state index in [4.69, 9.17) is 5.11 Å². The van der Waals surface area contributed by atoms with E-state index in [1.807, 2.05) is 6.92 Å². The number of rotatable bonds is 6. The van der Waals surface area contributed by atoms with Gasteiger partial charge in [-0.05, 0) is 73.2 Å². The minimum atomic E-state index is -0.703. The topological polar surface area (TPSA) is 54.4 Å². The summed E-state index contributed by atoms with van der Waals surface area (Å²) in [6, 6.07) is 0. The van der Waals surface area contributed by atoms with Crippen LogP contribution >= 0.6 is 0 Å². The summed E-state index contributed by atoms with van der Waals surface area (Å²) in [6.07, 6.45) is 6.60. The predicted octanol–water partition coefficient (Wildman–Crippen LogP) is 4.86. The van der Waals surface area contributed by atoms with E-state index in [2.05, 4.69) is 27.7 Å². The SMILES string of the molecule is CC1=C(C=O)C[C@@H]2[C@@](C)(CCC(C)CC(=O)O)[C@H](C)CC[C@@]12C. The molecule has 5 atom stereocenters. The van der Waals surface area contributed by atoms with Gasteiger partial charge in [0.1, 0.15) is 6.29 Å². The van der Waals surface area contributed by atoms with Crippen LogP contribution in [-0.2, 0) is 9.59 Å². The van der Waals surface area contributed by atoms with Crippen LogP contribution in [0, 0.1) is 28.6 Å². The Morgan fingerprint density at radius 1 is 1.43 bits per heavy atom. The highest BCUT2D eigenvalue weighted by Gasteiger charge is 2.55. The third kappa shape index (κ3) is 3.12. The smallest absolute Gasteiger partial charge is 0.303 e. The van der Waals surface area contributed by atoms with Gasteiger partial charge in [-0.3, -0.25) is 9.59 Å². The largest absolute Gasteiger partial charge is 0.481 e. The van der Waals surface area contributed by atoms with Gasteiger partial charge in [0, 0.05) is 6.42 Å². The Hall–Kier alpha value is -1.12. The van der Waals surface area contributed by atoms with Crippen LogP contribution in [0.1, 0.15) is 73.1 Å². The van der Waals surface area contributed by atoms with Crippen molar-refractivity contribution in [2.75, 3.05) is 0 Å². The molecule has 0 aliphatic heterocycles. The molecule has 2 aliphatic carbocycles. The van der Waals surface area contributed by atoms with Crippen molar-refractivity contribution in [1.82, 2.24) is 0 Å². The summed E-state index contributed by atoms with van der Waals surface area (Å²) < 4.78 is 0. The van der Waals surface area contributed by atoms with Crippen molar-refractivity contribution in [1.29, 1.82) is 0 Å². The minimum absolute atomic E-state index is 0.146. The number of aldehydes is 1. The monoisotopic (exact) mass is 320 g/mol. The molecule has 0 aromatic heterocycles. The van der Waals surface area contributed by atoms with Crippen molar-refractivity contribution < 1.29 is 14.7 Å². The summed E-state index contributed by atoms with van der Waals surface area (Å²) in [6.45, 7) is 11.3. The van der Waals surface area contributed by atoms with E-state index in [0.29, 0.717) is 11.8 Å². The third-order valence-corrected chi connectivity index (χ3v) is 7.39. The zero-order chi connectivity index (χ0) is 17.4. The quantitative estimate of drug-likeness (QED) is 0.711. The Kier molecular flexibility index (Phi) is 5.08. The van der Waals surface area contributed by atoms with Gasteiger partial charge in [-0.2, -0.15) is 0 Å². The second-order valence-corrected chi connectivity index (χ2v) is 8.63. The van der Waals surface area contributed by atoms with Gasteiger partial charge in [-0.1, -0.05) is 33.3 Å². The van der Waals surface area contributed by atoms with Crippen LogP contribution in [0.3, 0.4) is 0 Å². The fraction of sp³-hybridized carbons (Fsp3) is 0.800. The van der Waals surface area contributed by atoms with Crippen LogP contribution < -0.4 is 0 Å². The zero-order valence-electron chi connectivity index (χ0n) is 15.3. The molecule has 0 aromatic carbocycles. The number of carbonyl (C=O) groups is 2. The molecule has 3 heteroatoms. The molecule has 0 aromatic rings. The number of allylic oxidation sites excluding steroid dienone is 2. The molecule has 0 spiro atoms. The number of carbonyl (C=O) groups excluding carboxylic acids is 1. The maximum atomic E-state index is 11.5. The predicted molar refractivity (Wildman–Crippen MR) is 92.1 cm³/mol. The number of fused-ring (bicyclic) bond motifs is 1. The lowest BCUT2D eigenvalue weighted by Crippen LogP contribution is -2.46. The highest BCUT2D eigenvalue weighted by atomic mass is 16.4. The molecule has 0 radical (unpaired) electrons. The molecule has 1 saturated carbocycles. The second-order valence-electron chi connectivity index (χ2n) is 8.63. The standard InChI is InChI=1S/C20H32O3/c1-13(10-18(22)23)6-8-19(4)14(2)7-9-20(5)15(3)16(12-21)11-17(19)20/h12-14,17H,6-11H2,1-5H3,(H,22,23)/t13?,14-,17-,19+,20+/m1/s1. The lowest BCUT2D eigenvalue weighted by Gasteiger charge is -2.54. The van der Waals surface area contributed by atoms with E-state index in [9.17, 15) is 9.59 Å². The van der Waals surface area contributed by atoms with E-state index in [1.165, 1.54) is 18.4 Å². The molecule has 0 amide bonds. The molecule has 1 N–H and O–H groups in total. The molecule has 1 unspecified atom stereocenters. The summed E-state index contributed by atoms with van der Waals surface area (Å²) in [5.41, 5.74) is 2.64. The Labute approximate surface area is 140 Å². The second kappa shape index (κ2) is 6.41. The van der Waals surface area contributed by atoms with Crippen molar-refractivity contribution in [2.45, 2.75) is 73.1 Å². The molecule has 23 heavy (non-hydrogen) atoms. The molecule has 2 rings (SSSR count). The van der Waals surface area contributed by atoms with Gasteiger partial charge in [0.15, 0.2) is 0 Å². The van der Waals surface area contributed by atoms with Crippen molar-refractivity contribution in [3.8, 4) is 0 Å². The Morgan fingerprint density at radius 3 is 2.65 bits per heavy atom. The van der Waals surface area contributed by atoms with Gasteiger partial charge in [0.25, 0.3) is 0 Å². The summed E-state index contributed by atoms with van der Waals surface area (Å²) >= 11 is 0. The fourth-order valence-corrected chi connectivity index (χ4v) is 5.25. The fourth-order valence-electron chi connectivity index (χ4n) is 5.25. The van der Waals surface area contributed by atoms with E-state index >= 15 is 0 Å². The first-order valence-corrected chi connectivity index (χ1v) is 9.02. The molecule has 0 bridgehead atoms. The van der Waals surface area contributed by atoms with E-state index < -0.39 is 5.97 Å². The lowest BCUT2D eigenvalue weighted by atomic mass is 9.50. The van der Waals surface area contributed by atoms with Crippen molar-refractivity contribution in [3.63, 3.8) is 0 Å². The van der Waals surface area contributed by atoms with Gasteiger partial charge in [-0.15, -0.1) is 0 Å². The maximum absolute atomic E-state index is 11.5. The molecule has 2 aliphatic rings. The average molecular weight is 320 g/mol. The van der Waals surface area contributed by atoms with Crippen LogP contribution in [0.15, 0.2) is 11.1 Å². The van der Waals surface area contributed by atoms with Gasteiger partial charge >= 0.3 is 5.97 Å². The van der Waals surface area contributed by atoms with Gasteiger partial charge in [0.2, 0.25) is 0 Å². The molecular formula is C20H32O3. The Bertz CT molecular complexity index is 521. The molecule has 0 saturated heterocycles. The summed E-state index contributed by atoms with van der Waals surface area (Å²) in [4.78, 5) is 22.4. The van der Waals surface area contributed by atoms with E-state index in [0.717, 1.165) is 31.1 Å². The molecule has 3 nitrogen and oxygen atoms in total. The van der Waals surface area contributed by atoms with Crippen LogP contribution in [0.2, 0.25) is 0 Å². The first-order valence-electron chi connectivity index (χ1n) is 9.02. The highest BCUT2D eigenvalue weighted by Crippen LogP contribution is 2.64. The number of aliphatic carboxylic acids is 1. The Balaban J connectivity index is 2.19. The molecular weight excluding hydrogens is 288 g/mol. The number of hydrogen-bond acceptors (Lipinski definition) is 2. The maximum Gasteiger partial charge on any atom is 0.303 e. The van der Waals surface area contributed by atoms with Gasteiger partial charge in [0.05, 0.1) is 0 Å². The molecule has 0 heterocycles. The molecule has 130 valence electrons. The zero-order valence-corrected chi connectivity index (χ0v) is 15.3. The lowest BCUT2D eigenvalue weighted by molar-refractivity contribution is -0.138. The Morgan fingerprint density at radius 2 is 2.09 bits per heavy atom. The number of carboxylic acid groups (broad SMARTS) is 1. The highest BCUT2D eigenvalue weighted by molar-refractivity contribution is 5.76. The first-order chi connectivity index (χ1) is 10.6. The molecule has 1 fully saturated rings. The van der Waals surface area contributed by atoms with Crippen LogP contribution in [-0.4, -0.2) is 17.4 Å². The van der Waals surface area contributed by atoms with Crippen molar-refractivity contribution in [2.24, 2.45) is 28.6 Å². The van der Waals surface area contributed by atoms with Crippen LogP contribution in [0.5, 0.6) is 0 Å². The van der Waals surface area contributed by atoms with Gasteiger partial charge in [-0.25, -0.2) is 0 Å².